The minimum atomic E-state index is -0.779. The van der Waals surface area contributed by atoms with Crippen LogP contribution in [0.3, 0.4) is 0 Å². The zero-order chi connectivity index (χ0) is 15.9. The van der Waals surface area contributed by atoms with E-state index in [4.69, 9.17) is 0 Å². The first-order valence-electron chi connectivity index (χ1n) is 8.21. The van der Waals surface area contributed by atoms with Gasteiger partial charge in [0.25, 0.3) is 0 Å². The Morgan fingerprint density at radius 2 is 2.05 bits per heavy atom. The molecule has 1 aromatic carbocycles. The van der Waals surface area contributed by atoms with Gasteiger partial charge in [0.05, 0.1) is 17.3 Å². The van der Waals surface area contributed by atoms with Crippen LogP contribution in [-0.4, -0.2) is 22.7 Å². The number of aliphatic imine (C=N–C) groups is 1. The van der Waals surface area contributed by atoms with E-state index in [-0.39, 0.29) is 11.7 Å². The number of rotatable bonds is 7. The first-order valence-corrected chi connectivity index (χ1v) is 8.21. The predicted octanol–water partition coefficient (Wildman–Crippen LogP) is 4.48. The third kappa shape index (κ3) is 3.92. The highest BCUT2D eigenvalue weighted by Gasteiger charge is 2.30. The standard InChI is InChI=1S/C19H25NO2/c1-3-4-5-6-7-8-13-17(21)18-14(2)19(22)15-11-9-10-12-16(15)20-18/h8-14,17,21H,3-7H2,1-2H3. The number of hydrogen-bond acceptors (Lipinski definition) is 3. The van der Waals surface area contributed by atoms with Crippen molar-refractivity contribution in [2.45, 2.75) is 52.1 Å². The van der Waals surface area contributed by atoms with Crippen LogP contribution in [-0.2, 0) is 0 Å². The molecule has 3 heteroatoms. The Morgan fingerprint density at radius 3 is 2.82 bits per heavy atom. The predicted molar refractivity (Wildman–Crippen MR) is 90.9 cm³/mol. The molecule has 1 aliphatic heterocycles. The zero-order valence-corrected chi connectivity index (χ0v) is 13.5. The van der Waals surface area contributed by atoms with Crippen molar-refractivity contribution < 1.29 is 9.90 Å². The number of allylic oxidation sites excluding steroid dienone is 1. The second kappa shape index (κ2) is 8.04. The molecule has 0 spiro atoms. The summed E-state index contributed by atoms with van der Waals surface area (Å²) in [4.78, 5) is 16.9. The van der Waals surface area contributed by atoms with Crippen molar-refractivity contribution in [1.29, 1.82) is 0 Å². The van der Waals surface area contributed by atoms with Crippen LogP contribution >= 0.6 is 0 Å². The van der Waals surface area contributed by atoms with Crippen molar-refractivity contribution in [3.05, 3.63) is 42.0 Å². The molecule has 0 radical (unpaired) electrons. The molecule has 118 valence electrons. The summed E-state index contributed by atoms with van der Waals surface area (Å²) in [5.41, 5.74) is 1.86. The summed E-state index contributed by atoms with van der Waals surface area (Å²) >= 11 is 0. The van der Waals surface area contributed by atoms with E-state index in [1.54, 1.807) is 12.1 Å². The van der Waals surface area contributed by atoms with Crippen LogP contribution in [0.5, 0.6) is 0 Å². The molecule has 22 heavy (non-hydrogen) atoms. The normalized spacial score (nSPS) is 19.1. The van der Waals surface area contributed by atoms with Gasteiger partial charge < -0.3 is 5.11 Å². The number of unbranched alkanes of at least 4 members (excludes halogenated alkanes) is 4. The first-order chi connectivity index (χ1) is 10.6. The van der Waals surface area contributed by atoms with Crippen molar-refractivity contribution in [1.82, 2.24) is 0 Å². The monoisotopic (exact) mass is 299 g/mol. The Bertz CT molecular complexity index is 575. The third-order valence-corrected chi connectivity index (χ3v) is 4.10. The summed E-state index contributed by atoms with van der Waals surface area (Å²) in [5.74, 6) is -0.328. The SMILES string of the molecule is CCCCCCC=CC(O)C1=Nc2ccccc2C(=O)C1C. The molecule has 1 aliphatic rings. The van der Waals surface area contributed by atoms with E-state index in [9.17, 15) is 9.90 Å². The summed E-state index contributed by atoms with van der Waals surface area (Å²) in [6.45, 7) is 4.01. The Labute approximate surface area is 132 Å². The molecule has 0 aliphatic carbocycles. The van der Waals surface area contributed by atoms with E-state index in [1.165, 1.54) is 19.3 Å². The molecule has 0 saturated carbocycles. The zero-order valence-electron chi connectivity index (χ0n) is 13.5. The average molecular weight is 299 g/mol. The van der Waals surface area contributed by atoms with Crippen LogP contribution in [0.25, 0.3) is 0 Å². The molecule has 2 unspecified atom stereocenters. The molecule has 1 N–H and O–H groups in total. The van der Waals surface area contributed by atoms with E-state index in [0.29, 0.717) is 17.0 Å². The largest absolute Gasteiger partial charge is 0.383 e. The van der Waals surface area contributed by atoms with Gasteiger partial charge in [-0.05, 0) is 31.9 Å². The lowest BCUT2D eigenvalue weighted by Crippen LogP contribution is -2.32. The quantitative estimate of drug-likeness (QED) is 0.596. The highest BCUT2D eigenvalue weighted by molar-refractivity contribution is 6.19. The van der Waals surface area contributed by atoms with Gasteiger partial charge in [-0.15, -0.1) is 0 Å². The Morgan fingerprint density at radius 1 is 1.27 bits per heavy atom. The second-order valence-corrected chi connectivity index (χ2v) is 5.86. The van der Waals surface area contributed by atoms with Crippen LogP contribution in [0.15, 0.2) is 41.4 Å². The second-order valence-electron chi connectivity index (χ2n) is 5.86. The molecule has 3 nitrogen and oxygen atoms in total. The highest BCUT2D eigenvalue weighted by atomic mass is 16.3. The van der Waals surface area contributed by atoms with Crippen molar-refractivity contribution >= 4 is 17.2 Å². The third-order valence-electron chi connectivity index (χ3n) is 4.10. The summed E-state index contributed by atoms with van der Waals surface area (Å²) in [5, 5.41) is 10.3. The molecule has 0 saturated heterocycles. The number of para-hydroxylation sites is 1. The molecule has 0 bridgehead atoms. The summed E-state index contributed by atoms with van der Waals surface area (Å²) in [6, 6.07) is 7.32. The smallest absolute Gasteiger partial charge is 0.173 e. The summed E-state index contributed by atoms with van der Waals surface area (Å²) < 4.78 is 0. The lowest BCUT2D eigenvalue weighted by atomic mass is 9.88. The van der Waals surface area contributed by atoms with Gasteiger partial charge in [0.15, 0.2) is 5.78 Å². The van der Waals surface area contributed by atoms with E-state index in [0.717, 1.165) is 12.8 Å². The van der Waals surface area contributed by atoms with E-state index in [2.05, 4.69) is 11.9 Å². The Balaban J connectivity index is 2.03. The van der Waals surface area contributed by atoms with Crippen LogP contribution < -0.4 is 0 Å². The maximum absolute atomic E-state index is 12.4. The molecule has 0 aromatic heterocycles. The number of carbonyl (C=O) groups excluding carboxylic acids is 1. The number of fused-ring (bicyclic) bond motifs is 1. The number of ketones is 1. The van der Waals surface area contributed by atoms with Gasteiger partial charge in [0.2, 0.25) is 0 Å². The Hall–Kier alpha value is -1.74. The molecular formula is C19H25NO2. The van der Waals surface area contributed by atoms with E-state index >= 15 is 0 Å². The van der Waals surface area contributed by atoms with Gasteiger partial charge in [0, 0.05) is 5.56 Å². The number of benzene rings is 1. The number of nitrogens with zero attached hydrogens (tertiary/aromatic N) is 1. The van der Waals surface area contributed by atoms with Crippen molar-refractivity contribution in [3.8, 4) is 0 Å². The molecule has 1 heterocycles. The number of aliphatic hydroxyl groups excluding tert-OH is 1. The number of Topliss-reactive ketones (excluding diaryl/α,β-unsaturated/α-hetero) is 1. The van der Waals surface area contributed by atoms with Crippen molar-refractivity contribution in [2.75, 3.05) is 0 Å². The number of carbonyl (C=O) groups is 1. The maximum Gasteiger partial charge on any atom is 0.173 e. The number of aliphatic hydroxyl groups is 1. The highest BCUT2D eigenvalue weighted by Crippen LogP contribution is 2.29. The van der Waals surface area contributed by atoms with Gasteiger partial charge in [-0.25, -0.2) is 0 Å². The van der Waals surface area contributed by atoms with Gasteiger partial charge >= 0.3 is 0 Å². The summed E-state index contributed by atoms with van der Waals surface area (Å²) in [6.07, 6.45) is 8.79. The van der Waals surface area contributed by atoms with Gasteiger partial charge in [-0.2, -0.15) is 0 Å². The lowest BCUT2D eigenvalue weighted by Gasteiger charge is -2.22. The van der Waals surface area contributed by atoms with E-state index in [1.807, 2.05) is 31.2 Å². The molecule has 0 amide bonds. The average Bonchev–Trinajstić information content (AvgIpc) is 2.54. The minimum Gasteiger partial charge on any atom is -0.383 e. The van der Waals surface area contributed by atoms with Gasteiger partial charge in [-0.3, -0.25) is 9.79 Å². The fourth-order valence-corrected chi connectivity index (χ4v) is 2.72. The number of hydrogen-bond donors (Lipinski definition) is 1. The molecule has 1 aromatic rings. The molecular weight excluding hydrogens is 274 g/mol. The fourth-order valence-electron chi connectivity index (χ4n) is 2.72. The van der Waals surface area contributed by atoms with Crippen LogP contribution in [0.1, 0.15) is 56.3 Å². The fraction of sp³-hybridized carbons (Fsp3) is 0.474. The molecule has 0 fully saturated rings. The molecule has 2 atom stereocenters. The van der Waals surface area contributed by atoms with Crippen LogP contribution in [0.2, 0.25) is 0 Å². The first kappa shape index (κ1) is 16.6. The molecule has 2 rings (SSSR count). The van der Waals surface area contributed by atoms with Crippen molar-refractivity contribution in [3.63, 3.8) is 0 Å². The van der Waals surface area contributed by atoms with Gasteiger partial charge in [0.1, 0.15) is 6.10 Å². The van der Waals surface area contributed by atoms with Crippen LogP contribution in [0, 0.1) is 5.92 Å². The lowest BCUT2D eigenvalue weighted by molar-refractivity contribution is 0.0954. The Kier molecular flexibility index (Phi) is 6.08. The summed E-state index contributed by atoms with van der Waals surface area (Å²) in [7, 11) is 0. The maximum atomic E-state index is 12.4. The minimum absolute atomic E-state index is 0.0380. The van der Waals surface area contributed by atoms with Gasteiger partial charge in [-0.1, -0.05) is 50.5 Å². The van der Waals surface area contributed by atoms with E-state index < -0.39 is 6.10 Å². The van der Waals surface area contributed by atoms with Crippen LogP contribution in [0.4, 0.5) is 5.69 Å². The van der Waals surface area contributed by atoms with Crippen molar-refractivity contribution in [2.24, 2.45) is 10.9 Å². The topological polar surface area (TPSA) is 49.7 Å².